The van der Waals surface area contributed by atoms with Crippen LogP contribution in [0, 0.1) is 0 Å². The lowest BCUT2D eigenvalue weighted by molar-refractivity contribution is -0.139. The molecule has 0 unspecified atom stereocenters. The van der Waals surface area contributed by atoms with Crippen molar-refractivity contribution in [3.63, 3.8) is 0 Å². The molecule has 1 aromatic rings. The van der Waals surface area contributed by atoms with Gasteiger partial charge >= 0.3 is 18.0 Å². The van der Waals surface area contributed by atoms with Crippen molar-refractivity contribution in [1.82, 2.24) is 25.3 Å². The summed E-state index contributed by atoms with van der Waals surface area (Å²) in [5, 5.41) is 6.29. The van der Waals surface area contributed by atoms with Gasteiger partial charge in [-0.1, -0.05) is 36.7 Å². The van der Waals surface area contributed by atoms with E-state index in [1.165, 1.54) is 4.90 Å². The van der Waals surface area contributed by atoms with Crippen LogP contribution in [0.2, 0.25) is 5.02 Å². The van der Waals surface area contributed by atoms with Crippen LogP contribution in [0.5, 0.6) is 0 Å². The number of nitrogens with zero attached hydrogens (tertiary/aromatic N) is 3. The van der Waals surface area contributed by atoms with E-state index < -0.39 is 12.0 Å². The van der Waals surface area contributed by atoms with E-state index in [0.717, 1.165) is 19.4 Å². The molecule has 3 rings (SSSR count). The van der Waals surface area contributed by atoms with Gasteiger partial charge in [-0.2, -0.15) is 0 Å². The molecule has 1 atom stereocenters. The number of ether oxygens (including phenoxy) is 1. The van der Waals surface area contributed by atoms with Crippen molar-refractivity contribution >= 4 is 29.6 Å². The van der Waals surface area contributed by atoms with Gasteiger partial charge < -0.3 is 20.3 Å². The van der Waals surface area contributed by atoms with Crippen LogP contribution >= 0.6 is 11.6 Å². The van der Waals surface area contributed by atoms with E-state index in [1.807, 2.05) is 17.9 Å². The first-order chi connectivity index (χ1) is 16.4. The second-order valence-corrected chi connectivity index (χ2v) is 8.80. The molecule has 186 valence electrons. The predicted molar refractivity (Wildman–Crippen MR) is 130 cm³/mol. The normalized spacial score (nSPS) is 19.5. The Bertz CT molecular complexity index is 938. The summed E-state index contributed by atoms with van der Waals surface area (Å²) in [5.41, 5.74) is 1.59. The van der Waals surface area contributed by atoms with Gasteiger partial charge in [0.15, 0.2) is 0 Å². The summed E-state index contributed by atoms with van der Waals surface area (Å²) in [6.07, 6.45) is 1.68. The Hall–Kier alpha value is -2.78. The van der Waals surface area contributed by atoms with Gasteiger partial charge in [0.2, 0.25) is 0 Å². The molecule has 1 aromatic carbocycles. The highest BCUT2D eigenvalue weighted by atomic mass is 35.5. The highest BCUT2D eigenvalue weighted by Gasteiger charge is 2.38. The topological polar surface area (TPSA) is 94.2 Å². The standard InChI is InChI=1S/C24H34ClN5O4/c1-4-11-26-23(32)30-13-8-12-29(14-15-30)16-19-20(22(31)34-5-2)21(27-24(33)28(19)3)17-9-6-7-10-18(17)25/h6-7,9-10,21H,4-5,8,11-16H2,1-3H3,(H,26,32)(H,27,33)/t21-/m0/s1. The van der Waals surface area contributed by atoms with Gasteiger partial charge in [-0.15, -0.1) is 0 Å². The number of benzene rings is 1. The number of hydrogen-bond acceptors (Lipinski definition) is 5. The molecule has 1 saturated heterocycles. The second-order valence-electron chi connectivity index (χ2n) is 8.39. The quantitative estimate of drug-likeness (QED) is 0.572. The van der Waals surface area contributed by atoms with Crippen LogP contribution in [0.15, 0.2) is 35.5 Å². The summed E-state index contributed by atoms with van der Waals surface area (Å²) >= 11 is 6.44. The minimum absolute atomic E-state index is 0.0527. The summed E-state index contributed by atoms with van der Waals surface area (Å²) in [4.78, 5) is 43.9. The van der Waals surface area contributed by atoms with E-state index in [9.17, 15) is 14.4 Å². The van der Waals surface area contributed by atoms with E-state index >= 15 is 0 Å². The number of rotatable bonds is 7. The molecule has 1 fully saturated rings. The van der Waals surface area contributed by atoms with Crippen molar-refractivity contribution in [2.75, 3.05) is 52.9 Å². The molecule has 2 aliphatic rings. The number of hydrogen-bond donors (Lipinski definition) is 2. The Morgan fingerprint density at radius 1 is 1.18 bits per heavy atom. The molecule has 0 spiro atoms. The lowest BCUT2D eigenvalue weighted by atomic mass is 9.94. The van der Waals surface area contributed by atoms with E-state index in [-0.39, 0.29) is 18.7 Å². The molecule has 0 radical (unpaired) electrons. The molecule has 0 aromatic heterocycles. The first kappa shape index (κ1) is 25.8. The monoisotopic (exact) mass is 491 g/mol. The lowest BCUT2D eigenvalue weighted by Gasteiger charge is -2.36. The number of esters is 1. The number of urea groups is 2. The number of likely N-dealkylation sites (N-methyl/N-ethyl adjacent to an activating group) is 1. The highest BCUT2D eigenvalue weighted by Crippen LogP contribution is 2.34. The summed E-state index contributed by atoms with van der Waals surface area (Å²) in [6, 6.07) is 6.07. The maximum Gasteiger partial charge on any atom is 0.338 e. The minimum Gasteiger partial charge on any atom is -0.463 e. The molecular formula is C24H34ClN5O4. The summed E-state index contributed by atoms with van der Waals surface area (Å²) < 4.78 is 5.39. The fourth-order valence-electron chi connectivity index (χ4n) is 4.23. The van der Waals surface area contributed by atoms with Crippen molar-refractivity contribution in [3.8, 4) is 0 Å². The third kappa shape index (κ3) is 6.01. The Balaban J connectivity index is 1.89. The second kappa shape index (κ2) is 12.1. The zero-order chi connectivity index (χ0) is 24.7. The lowest BCUT2D eigenvalue weighted by Crippen LogP contribution is -2.49. The molecular weight excluding hydrogens is 458 g/mol. The predicted octanol–water partition coefficient (Wildman–Crippen LogP) is 2.98. The summed E-state index contributed by atoms with van der Waals surface area (Å²) in [6.45, 7) is 7.62. The molecule has 0 aliphatic carbocycles. The molecule has 10 heteroatoms. The number of carbonyl (C=O) groups excluding carboxylic acids is 3. The first-order valence-electron chi connectivity index (χ1n) is 11.8. The van der Waals surface area contributed by atoms with Crippen molar-refractivity contribution in [1.29, 1.82) is 0 Å². The first-order valence-corrected chi connectivity index (χ1v) is 12.2. The van der Waals surface area contributed by atoms with Crippen LogP contribution in [0.1, 0.15) is 38.3 Å². The zero-order valence-electron chi connectivity index (χ0n) is 20.1. The molecule has 2 heterocycles. The van der Waals surface area contributed by atoms with Gasteiger partial charge in [0, 0.05) is 57.0 Å². The fraction of sp³-hybridized carbons (Fsp3) is 0.542. The molecule has 34 heavy (non-hydrogen) atoms. The third-order valence-electron chi connectivity index (χ3n) is 6.06. The van der Waals surface area contributed by atoms with Crippen LogP contribution in [0.4, 0.5) is 9.59 Å². The molecule has 2 N–H and O–H groups in total. The Morgan fingerprint density at radius 3 is 2.65 bits per heavy atom. The number of halogens is 1. The van der Waals surface area contributed by atoms with E-state index in [4.69, 9.17) is 16.3 Å². The molecule has 2 aliphatic heterocycles. The van der Waals surface area contributed by atoms with Gasteiger partial charge in [0.25, 0.3) is 0 Å². The van der Waals surface area contributed by atoms with Gasteiger partial charge in [-0.25, -0.2) is 14.4 Å². The van der Waals surface area contributed by atoms with Gasteiger partial charge in [-0.3, -0.25) is 9.80 Å². The summed E-state index contributed by atoms with van der Waals surface area (Å²) in [7, 11) is 1.65. The average Bonchev–Trinajstić information content (AvgIpc) is 3.06. The largest absolute Gasteiger partial charge is 0.463 e. The minimum atomic E-state index is -0.713. The third-order valence-corrected chi connectivity index (χ3v) is 6.41. The van der Waals surface area contributed by atoms with Crippen molar-refractivity contribution in [2.45, 2.75) is 32.7 Å². The van der Waals surface area contributed by atoms with E-state index in [0.29, 0.717) is 54.6 Å². The average molecular weight is 492 g/mol. The van der Waals surface area contributed by atoms with Gasteiger partial charge in [0.1, 0.15) is 0 Å². The molecule has 0 saturated carbocycles. The maximum atomic E-state index is 13.1. The van der Waals surface area contributed by atoms with Crippen LogP contribution in [0.25, 0.3) is 0 Å². The smallest absolute Gasteiger partial charge is 0.338 e. The van der Waals surface area contributed by atoms with Crippen LogP contribution < -0.4 is 10.6 Å². The van der Waals surface area contributed by atoms with Crippen LogP contribution in [0.3, 0.4) is 0 Å². The number of amides is 4. The number of nitrogens with one attached hydrogen (secondary N) is 2. The highest BCUT2D eigenvalue weighted by molar-refractivity contribution is 6.31. The Kier molecular flexibility index (Phi) is 9.18. The van der Waals surface area contributed by atoms with E-state index in [1.54, 1.807) is 32.2 Å². The van der Waals surface area contributed by atoms with Crippen molar-refractivity contribution in [3.05, 3.63) is 46.1 Å². The van der Waals surface area contributed by atoms with Gasteiger partial charge in [-0.05, 0) is 31.4 Å². The Morgan fingerprint density at radius 2 is 1.94 bits per heavy atom. The number of carbonyl (C=O) groups is 3. The maximum absolute atomic E-state index is 13.1. The van der Waals surface area contributed by atoms with Crippen LogP contribution in [-0.2, 0) is 9.53 Å². The molecule has 0 bridgehead atoms. The fourth-order valence-corrected chi connectivity index (χ4v) is 4.47. The SMILES string of the molecule is CCCNC(=O)N1CCCN(CC2=C(C(=O)OCC)[C@H](c3ccccc3Cl)NC(=O)N2C)CC1. The van der Waals surface area contributed by atoms with Crippen molar-refractivity contribution in [2.24, 2.45) is 0 Å². The van der Waals surface area contributed by atoms with Crippen molar-refractivity contribution < 1.29 is 19.1 Å². The molecule has 4 amide bonds. The summed E-state index contributed by atoms with van der Waals surface area (Å²) in [5.74, 6) is -0.482. The molecule has 9 nitrogen and oxygen atoms in total. The van der Waals surface area contributed by atoms with Gasteiger partial charge in [0.05, 0.1) is 18.2 Å². The zero-order valence-corrected chi connectivity index (χ0v) is 20.9. The van der Waals surface area contributed by atoms with Crippen LogP contribution in [-0.4, -0.2) is 85.7 Å². The Labute approximate surface area is 206 Å². The van der Waals surface area contributed by atoms with E-state index in [2.05, 4.69) is 15.5 Å².